The topological polar surface area (TPSA) is 79.5 Å². The van der Waals surface area contributed by atoms with E-state index in [-0.39, 0.29) is 11.8 Å². The van der Waals surface area contributed by atoms with Crippen LogP contribution in [0, 0.1) is 0 Å². The molecule has 0 saturated heterocycles. The Kier molecular flexibility index (Phi) is 5.78. The Morgan fingerprint density at radius 1 is 0.958 bits per heavy atom. The van der Waals surface area contributed by atoms with Crippen LogP contribution in [0.15, 0.2) is 48.5 Å². The molecule has 0 saturated carbocycles. The molecule has 0 aromatic heterocycles. The minimum absolute atomic E-state index is 0.138. The van der Waals surface area contributed by atoms with E-state index in [0.717, 1.165) is 5.69 Å². The number of carbonyl (C=O) groups excluding carboxylic acids is 2. The normalized spacial score (nSPS) is 11.3. The summed E-state index contributed by atoms with van der Waals surface area (Å²) in [5, 5.41) is 8.63. The lowest BCUT2D eigenvalue weighted by molar-refractivity contribution is -0.116. The number of carbonyl (C=O) groups is 2. The van der Waals surface area contributed by atoms with Crippen LogP contribution in [-0.4, -0.2) is 25.0 Å². The largest absolute Gasteiger partial charge is 0.495 e. The first-order valence-electron chi connectivity index (χ1n) is 7.57. The van der Waals surface area contributed by atoms with Gasteiger partial charge in [0.1, 0.15) is 11.8 Å². The molecule has 2 aromatic carbocycles. The van der Waals surface area contributed by atoms with Gasteiger partial charge in [0.25, 0.3) is 0 Å². The fraction of sp³-hybridized carbons (Fsp3) is 0.222. The van der Waals surface area contributed by atoms with Crippen LogP contribution in [-0.2, 0) is 9.59 Å². The zero-order valence-electron chi connectivity index (χ0n) is 13.9. The number of anilines is 3. The molecule has 24 heavy (non-hydrogen) atoms. The van der Waals surface area contributed by atoms with Crippen molar-refractivity contribution in [2.75, 3.05) is 23.1 Å². The maximum absolute atomic E-state index is 12.3. The van der Waals surface area contributed by atoms with E-state index >= 15 is 0 Å². The van der Waals surface area contributed by atoms with Crippen molar-refractivity contribution in [1.82, 2.24) is 0 Å². The van der Waals surface area contributed by atoms with Crippen molar-refractivity contribution in [3.8, 4) is 5.75 Å². The van der Waals surface area contributed by atoms with E-state index in [1.807, 2.05) is 24.3 Å². The van der Waals surface area contributed by atoms with Crippen LogP contribution >= 0.6 is 0 Å². The van der Waals surface area contributed by atoms with Gasteiger partial charge in [0.15, 0.2) is 0 Å². The molecule has 0 radical (unpaired) electrons. The highest BCUT2D eigenvalue weighted by molar-refractivity contribution is 5.97. The van der Waals surface area contributed by atoms with E-state index in [2.05, 4.69) is 16.0 Å². The van der Waals surface area contributed by atoms with Gasteiger partial charge in [0, 0.05) is 18.3 Å². The third-order valence-corrected chi connectivity index (χ3v) is 3.35. The van der Waals surface area contributed by atoms with Crippen LogP contribution in [0.5, 0.6) is 5.75 Å². The second-order valence-electron chi connectivity index (χ2n) is 5.31. The molecule has 0 heterocycles. The molecule has 2 rings (SSSR count). The van der Waals surface area contributed by atoms with Gasteiger partial charge in [-0.3, -0.25) is 9.59 Å². The maximum atomic E-state index is 12.3. The summed E-state index contributed by atoms with van der Waals surface area (Å²) in [5.74, 6) is 0.367. The summed E-state index contributed by atoms with van der Waals surface area (Å²) in [4.78, 5) is 23.3. The van der Waals surface area contributed by atoms with Gasteiger partial charge in [-0.05, 0) is 43.3 Å². The van der Waals surface area contributed by atoms with Crippen molar-refractivity contribution < 1.29 is 14.3 Å². The van der Waals surface area contributed by atoms with E-state index in [4.69, 9.17) is 4.74 Å². The molecule has 0 bridgehead atoms. The number of para-hydroxylation sites is 2. The number of hydrogen-bond acceptors (Lipinski definition) is 4. The van der Waals surface area contributed by atoms with E-state index in [0.29, 0.717) is 17.1 Å². The molecule has 1 atom stereocenters. The van der Waals surface area contributed by atoms with Crippen LogP contribution in [0.4, 0.5) is 17.1 Å². The van der Waals surface area contributed by atoms with Crippen LogP contribution in [0.1, 0.15) is 13.8 Å². The Morgan fingerprint density at radius 2 is 1.54 bits per heavy atom. The molecule has 0 aliphatic carbocycles. The van der Waals surface area contributed by atoms with Gasteiger partial charge >= 0.3 is 0 Å². The lowest BCUT2D eigenvalue weighted by Crippen LogP contribution is -2.32. The zero-order chi connectivity index (χ0) is 17.5. The first-order chi connectivity index (χ1) is 11.5. The van der Waals surface area contributed by atoms with Gasteiger partial charge < -0.3 is 20.7 Å². The van der Waals surface area contributed by atoms with Crippen LogP contribution in [0.2, 0.25) is 0 Å². The predicted octanol–water partition coefficient (Wildman–Crippen LogP) is 3.09. The zero-order valence-corrected chi connectivity index (χ0v) is 13.9. The molecule has 6 heteroatoms. The molecule has 126 valence electrons. The molecular formula is C18H21N3O3. The number of benzene rings is 2. The van der Waals surface area contributed by atoms with Gasteiger partial charge in [-0.15, -0.1) is 0 Å². The molecule has 2 aromatic rings. The molecule has 0 aliphatic heterocycles. The Hall–Kier alpha value is -3.02. The maximum Gasteiger partial charge on any atom is 0.246 e. The number of nitrogens with one attached hydrogen (secondary N) is 3. The molecule has 0 fully saturated rings. The summed E-state index contributed by atoms with van der Waals surface area (Å²) in [6.45, 7) is 3.22. The van der Waals surface area contributed by atoms with Crippen molar-refractivity contribution in [3.05, 3.63) is 48.5 Å². The fourth-order valence-electron chi connectivity index (χ4n) is 2.15. The number of hydrogen-bond donors (Lipinski definition) is 3. The Morgan fingerprint density at radius 3 is 2.12 bits per heavy atom. The Bertz CT molecular complexity index is 714. The monoisotopic (exact) mass is 327 g/mol. The summed E-state index contributed by atoms with van der Waals surface area (Å²) < 4.78 is 5.26. The lowest BCUT2D eigenvalue weighted by Gasteiger charge is -2.17. The standard InChI is InChI=1S/C18H21N3O3/c1-12(19-16-6-4-5-7-17(16)24-3)18(23)21-15-10-8-14(9-11-15)20-13(2)22/h4-12,19H,1-3H3,(H,20,22)(H,21,23)/t12-/m1/s1. The third kappa shape index (κ3) is 4.74. The average Bonchev–Trinajstić information content (AvgIpc) is 2.56. The molecule has 0 aliphatic rings. The second-order valence-corrected chi connectivity index (χ2v) is 5.31. The van der Waals surface area contributed by atoms with E-state index < -0.39 is 6.04 Å². The lowest BCUT2D eigenvalue weighted by atomic mass is 10.2. The fourth-order valence-corrected chi connectivity index (χ4v) is 2.15. The van der Waals surface area contributed by atoms with Gasteiger partial charge in [-0.1, -0.05) is 12.1 Å². The SMILES string of the molecule is COc1ccccc1N[C@H](C)C(=O)Nc1ccc(NC(C)=O)cc1. The average molecular weight is 327 g/mol. The van der Waals surface area contributed by atoms with Crippen molar-refractivity contribution in [2.45, 2.75) is 19.9 Å². The Balaban J connectivity index is 1.97. The van der Waals surface area contributed by atoms with Gasteiger partial charge in [-0.25, -0.2) is 0 Å². The second kappa shape index (κ2) is 8.01. The van der Waals surface area contributed by atoms with E-state index in [1.165, 1.54) is 6.92 Å². The van der Waals surface area contributed by atoms with E-state index in [9.17, 15) is 9.59 Å². The highest BCUT2D eigenvalue weighted by Gasteiger charge is 2.14. The van der Waals surface area contributed by atoms with Crippen molar-refractivity contribution in [3.63, 3.8) is 0 Å². The molecule has 0 unspecified atom stereocenters. The molecule has 2 amide bonds. The number of methoxy groups -OCH3 is 1. The summed E-state index contributed by atoms with van der Waals surface area (Å²) in [6.07, 6.45) is 0. The molecule has 3 N–H and O–H groups in total. The smallest absolute Gasteiger partial charge is 0.246 e. The highest BCUT2D eigenvalue weighted by atomic mass is 16.5. The van der Waals surface area contributed by atoms with Crippen LogP contribution in [0.25, 0.3) is 0 Å². The first-order valence-corrected chi connectivity index (χ1v) is 7.57. The van der Waals surface area contributed by atoms with Crippen molar-refractivity contribution in [1.29, 1.82) is 0 Å². The van der Waals surface area contributed by atoms with Crippen molar-refractivity contribution >= 4 is 28.9 Å². The van der Waals surface area contributed by atoms with Gasteiger partial charge in [-0.2, -0.15) is 0 Å². The summed E-state index contributed by atoms with van der Waals surface area (Å²) in [7, 11) is 1.59. The first kappa shape index (κ1) is 17.3. The van der Waals surface area contributed by atoms with Crippen LogP contribution < -0.4 is 20.7 Å². The van der Waals surface area contributed by atoms with Gasteiger partial charge in [0.05, 0.1) is 12.8 Å². The van der Waals surface area contributed by atoms with E-state index in [1.54, 1.807) is 38.3 Å². The third-order valence-electron chi connectivity index (χ3n) is 3.35. The quantitative estimate of drug-likeness (QED) is 0.762. The summed E-state index contributed by atoms with van der Waals surface area (Å²) in [5.41, 5.74) is 2.09. The number of amides is 2. The Labute approximate surface area is 141 Å². The number of ether oxygens (including phenoxy) is 1. The minimum atomic E-state index is -0.448. The van der Waals surface area contributed by atoms with Crippen LogP contribution in [0.3, 0.4) is 0 Å². The summed E-state index contributed by atoms with van der Waals surface area (Å²) in [6, 6.07) is 13.9. The molecular weight excluding hydrogens is 306 g/mol. The number of rotatable bonds is 6. The van der Waals surface area contributed by atoms with Crippen molar-refractivity contribution in [2.24, 2.45) is 0 Å². The van der Waals surface area contributed by atoms with Gasteiger partial charge in [0.2, 0.25) is 11.8 Å². The molecule has 6 nitrogen and oxygen atoms in total. The molecule has 0 spiro atoms. The minimum Gasteiger partial charge on any atom is -0.495 e. The summed E-state index contributed by atoms with van der Waals surface area (Å²) >= 11 is 0. The highest BCUT2D eigenvalue weighted by Crippen LogP contribution is 2.24. The predicted molar refractivity (Wildman–Crippen MR) is 95.5 cm³/mol.